The molecule has 0 amide bonds. The molecule has 0 aliphatic carbocycles. The fourth-order valence-electron chi connectivity index (χ4n) is 1.26. The molecule has 1 aromatic carbocycles. The second-order valence-corrected chi connectivity index (χ2v) is 3.97. The first-order chi connectivity index (χ1) is 6.52. The van der Waals surface area contributed by atoms with Crippen LogP contribution >= 0.6 is 11.6 Å². The first-order valence-electron chi connectivity index (χ1n) is 4.36. The highest BCUT2D eigenvalue weighted by Gasteiger charge is 2.30. The van der Waals surface area contributed by atoms with Crippen LogP contribution in [0.3, 0.4) is 0 Å². The summed E-state index contributed by atoms with van der Waals surface area (Å²) >= 11 is 6.05. The van der Waals surface area contributed by atoms with E-state index in [1.807, 2.05) is 44.1 Å². The Hall–Kier alpha value is -1.04. The molecule has 0 fully saturated rings. The van der Waals surface area contributed by atoms with Gasteiger partial charge in [-0.25, -0.2) is 0 Å². The predicted octanol–water partition coefficient (Wildman–Crippen LogP) is 2.64. The van der Waals surface area contributed by atoms with Crippen LogP contribution in [0.5, 0.6) is 0 Å². The third-order valence-corrected chi connectivity index (χ3v) is 2.84. The van der Waals surface area contributed by atoms with Gasteiger partial charge in [0, 0.05) is 10.6 Å². The number of hydrogen-bond donors (Lipinski definition) is 0. The third-order valence-electron chi connectivity index (χ3n) is 2.51. The molecule has 3 heteroatoms. The summed E-state index contributed by atoms with van der Waals surface area (Å²) < 4.78 is 0. The van der Waals surface area contributed by atoms with Gasteiger partial charge in [0.15, 0.2) is 0 Å². The van der Waals surface area contributed by atoms with E-state index in [-0.39, 0.29) is 0 Å². The van der Waals surface area contributed by atoms with E-state index in [0.717, 1.165) is 5.56 Å². The van der Waals surface area contributed by atoms with Crippen LogP contribution in [0.15, 0.2) is 24.3 Å². The van der Waals surface area contributed by atoms with Crippen molar-refractivity contribution in [3.63, 3.8) is 0 Å². The van der Waals surface area contributed by atoms with E-state index in [9.17, 15) is 5.26 Å². The van der Waals surface area contributed by atoms with E-state index < -0.39 is 5.54 Å². The summed E-state index contributed by atoms with van der Waals surface area (Å²) in [6.07, 6.45) is 0. The normalized spacial score (nSPS) is 14.9. The van der Waals surface area contributed by atoms with Gasteiger partial charge >= 0.3 is 0 Å². The zero-order valence-corrected chi connectivity index (χ0v) is 9.34. The molecule has 1 atom stereocenters. The average molecular weight is 209 g/mol. The van der Waals surface area contributed by atoms with Crippen LogP contribution in [0.25, 0.3) is 0 Å². The maximum atomic E-state index is 9.18. The van der Waals surface area contributed by atoms with E-state index >= 15 is 0 Å². The molecule has 1 rings (SSSR count). The van der Waals surface area contributed by atoms with Gasteiger partial charge in [-0.2, -0.15) is 5.26 Å². The molecule has 0 aromatic heterocycles. The Morgan fingerprint density at radius 1 is 1.36 bits per heavy atom. The summed E-state index contributed by atoms with van der Waals surface area (Å²) in [5.41, 5.74) is 0.174. The molecule has 0 saturated carbocycles. The lowest BCUT2D eigenvalue weighted by atomic mass is 9.92. The van der Waals surface area contributed by atoms with Gasteiger partial charge in [0.25, 0.3) is 0 Å². The number of rotatable bonds is 2. The summed E-state index contributed by atoms with van der Waals surface area (Å²) in [7, 11) is 3.74. The van der Waals surface area contributed by atoms with Gasteiger partial charge in [-0.1, -0.05) is 29.8 Å². The first-order valence-corrected chi connectivity index (χ1v) is 4.74. The van der Waals surface area contributed by atoms with Crippen molar-refractivity contribution in [2.45, 2.75) is 12.5 Å². The molecule has 0 aliphatic heterocycles. The lowest BCUT2D eigenvalue weighted by molar-refractivity contribution is 0.241. The van der Waals surface area contributed by atoms with Crippen LogP contribution in [0.1, 0.15) is 12.5 Å². The maximum absolute atomic E-state index is 9.18. The highest BCUT2D eigenvalue weighted by molar-refractivity contribution is 6.31. The third kappa shape index (κ3) is 1.75. The Morgan fingerprint density at radius 2 is 1.93 bits per heavy atom. The summed E-state index contributed by atoms with van der Waals surface area (Å²) in [6, 6.07) is 9.71. The van der Waals surface area contributed by atoms with Crippen molar-refractivity contribution >= 4 is 11.6 Å². The second kappa shape index (κ2) is 4.00. The van der Waals surface area contributed by atoms with Crippen LogP contribution < -0.4 is 0 Å². The molecule has 2 nitrogen and oxygen atoms in total. The summed E-state index contributed by atoms with van der Waals surface area (Å²) in [6.45, 7) is 1.86. The van der Waals surface area contributed by atoms with E-state index in [1.165, 1.54) is 0 Å². The van der Waals surface area contributed by atoms with Crippen molar-refractivity contribution in [2.75, 3.05) is 14.1 Å². The molecule has 0 radical (unpaired) electrons. The van der Waals surface area contributed by atoms with Crippen LogP contribution in [0.4, 0.5) is 0 Å². The largest absolute Gasteiger partial charge is 0.288 e. The van der Waals surface area contributed by atoms with Crippen LogP contribution in [0.2, 0.25) is 5.02 Å². The van der Waals surface area contributed by atoms with Gasteiger partial charge in [0.2, 0.25) is 0 Å². The second-order valence-electron chi connectivity index (χ2n) is 3.56. The number of benzene rings is 1. The van der Waals surface area contributed by atoms with Crippen molar-refractivity contribution in [1.29, 1.82) is 5.26 Å². The zero-order chi connectivity index (χ0) is 10.8. The van der Waals surface area contributed by atoms with Gasteiger partial charge in [-0.05, 0) is 27.1 Å². The molecule has 0 heterocycles. The number of halogens is 1. The smallest absolute Gasteiger partial charge is 0.132 e. The van der Waals surface area contributed by atoms with E-state index in [1.54, 1.807) is 6.07 Å². The molecule has 74 valence electrons. The van der Waals surface area contributed by atoms with Crippen molar-refractivity contribution < 1.29 is 0 Å². The molecule has 1 aromatic rings. The summed E-state index contributed by atoms with van der Waals surface area (Å²) in [4.78, 5) is 1.86. The average Bonchev–Trinajstić information content (AvgIpc) is 2.17. The Labute approximate surface area is 89.7 Å². The SMILES string of the molecule is CN(C)C(C)(C#N)c1ccccc1Cl. The minimum atomic E-state index is -0.668. The van der Waals surface area contributed by atoms with Crippen LogP contribution in [0, 0.1) is 11.3 Å². The molecule has 0 saturated heterocycles. The quantitative estimate of drug-likeness (QED) is 0.747. The Morgan fingerprint density at radius 3 is 2.36 bits per heavy atom. The first kappa shape index (κ1) is 11.0. The molecule has 0 bridgehead atoms. The number of hydrogen-bond acceptors (Lipinski definition) is 2. The lowest BCUT2D eigenvalue weighted by Gasteiger charge is -2.30. The van der Waals surface area contributed by atoms with Gasteiger partial charge in [0.05, 0.1) is 6.07 Å². The topological polar surface area (TPSA) is 27.0 Å². The van der Waals surface area contributed by atoms with Crippen molar-refractivity contribution in [3.8, 4) is 6.07 Å². The van der Waals surface area contributed by atoms with Crippen LogP contribution in [-0.4, -0.2) is 19.0 Å². The Kier molecular flexibility index (Phi) is 3.15. The minimum absolute atomic E-state index is 0.630. The van der Waals surface area contributed by atoms with Gasteiger partial charge in [-0.15, -0.1) is 0 Å². The maximum Gasteiger partial charge on any atom is 0.132 e. The molecule has 0 spiro atoms. The molecule has 1 unspecified atom stereocenters. The molecular weight excluding hydrogens is 196 g/mol. The van der Waals surface area contributed by atoms with Crippen molar-refractivity contribution in [1.82, 2.24) is 4.90 Å². The van der Waals surface area contributed by atoms with Crippen molar-refractivity contribution in [2.24, 2.45) is 0 Å². The van der Waals surface area contributed by atoms with E-state index in [2.05, 4.69) is 6.07 Å². The number of nitrogens with zero attached hydrogens (tertiary/aromatic N) is 2. The highest BCUT2D eigenvalue weighted by Crippen LogP contribution is 2.30. The molecule has 14 heavy (non-hydrogen) atoms. The summed E-state index contributed by atoms with van der Waals surface area (Å²) in [5.74, 6) is 0. The lowest BCUT2D eigenvalue weighted by Crippen LogP contribution is -2.37. The zero-order valence-electron chi connectivity index (χ0n) is 8.58. The predicted molar refractivity (Wildman–Crippen MR) is 58.1 cm³/mol. The Bertz CT molecular complexity index is 368. The minimum Gasteiger partial charge on any atom is -0.288 e. The van der Waals surface area contributed by atoms with Crippen LogP contribution in [-0.2, 0) is 5.54 Å². The van der Waals surface area contributed by atoms with Gasteiger partial charge < -0.3 is 0 Å². The molecular formula is C11H13ClN2. The number of nitriles is 1. The molecule has 0 N–H and O–H groups in total. The molecule has 0 aliphatic rings. The monoisotopic (exact) mass is 208 g/mol. The van der Waals surface area contributed by atoms with E-state index in [0.29, 0.717) is 5.02 Å². The van der Waals surface area contributed by atoms with Crippen molar-refractivity contribution in [3.05, 3.63) is 34.9 Å². The highest BCUT2D eigenvalue weighted by atomic mass is 35.5. The van der Waals surface area contributed by atoms with Gasteiger partial charge in [-0.3, -0.25) is 4.90 Å². The fraction of sp³-hybridized carbons (Fsp3) is 0.364. The Balaban J connectivity index is 3.28. The van der Waals surface area contributed by atoms with Gasteiger partial charge in [0.1, 0.15) is 5.54 Å². The summed E-state index contributed by atoms with van der Waals surface area (Å²) in [5, 5.41) is 9.81. The fourth-order valence-corrected chi connectivity index (χ4v) is 1.58. The standard InChI is InChI=1S/C11H13ClN2/c1-11(8-13,14(2)3)9-6-4-5-7-10(9)12/h4-7H,1-3H3. The van der Waals surface area contributed by atoms with E-state index in [4.69, 9.17) is 11.6 Å².